The van der Waals surface area contributed by atoms with Crippen LogP contribution in [0.4, 0.5) is 4.39 Å². The molecule has 3 aromatic rings. The third kappa shape index (κ3) is 4.65. The number of nitrogens with one attached hydrogen (secondary N) is 2. The molecule has 0 saturated heterocycles. The monoisotopic (exact) mass is 410 g/mol. The maximum atomic E-state index is 13.2. The van der Waals surface area contributed by atoms with Crippen LogP contribution in [0.5, 0.6) is 5.75 Å². The molecule has 0 fully saturated rings. The lowest BCUT2D eigenvalue weighted by Crippen LogP contribution is -2.44. The number of ether oxygens (including phenoxy) is 1. The van der Waals surface area contributed by atoms with Crippen LogP contribution >= 0.6 is 0 Å². The van der Waals surface area contributed by atoms with Crippen LogP contribution in [0, 0.1) is 19.7 Å². The fraction of sp³-hybridized carbons (Fsp3) is 0.227. The van der Waals surface area contributed by atoms with Crippen LogP contribution in [0.25, 0.3) is 5.69 Å². The van der Waals surface area contributed by atoms with Crippen molar-refractivity contribution in [3.63, 3.8) is 0 Å². The third-order valence-electron chi connectivity index (χ3n) is 4.62. The molecule has 0 saturated carbocycles. The highest BCUT2D eigenvalue weighted by molar-refractivity contribution is 5.97. The van der Waals surface area contributed by atoms with Crippen molar-refractivity contribution in [3.8, 4) is 11.4 Å². The summed E-state index contributed by atoms with van der Waals surface area (Å²) in [6.45, 7) is 5.18. The molecule has 3 rings (SSSR count). The Kier molecular flexibility index (Phi) is 6.46. The number of hydrogen-bond acceptors (Lipinski definition) is 4. The molecule has 156 valence electrons. The van der Waals surface area contributed by atoms with E-state index in [1.165, 1.54) is 12.1 Å². The number of halogens is 1. The SMILES string of the molecule is CCc1ccccc1OCC(=O)NNC(=O)c1c(C)nn(-c2ccc(F)cc2)c1C. The second kappa shape index (κ2) is 9.21. The Hall–Kier alpha value is -3.68. The van der Waals surface area contributed by atoms with Gasteiger partial charge < -0.3 is 4.74 Å². The van der Waals surface area contributed by atoms with E-state index in [9.17, 15) is 14.0 Å². The zero-order valence-corrected chi connectivity index (χ0v) is 17.0. The Morgan fingerprint density at radius 3 is 2.47 bits per heavy atom. The Balaban J connectivity index is 1.62. The molecule has 0 bridgehead atoms. The van der Waals surface area contributed by atoms with E-state index in [4.69, 9.17) is 4.74 Å². The summed E-state index contributed by atoms with van der Waals surface area (Å²) in [5.41, 5.74) is 7.74. The van der Waals surface area contributed by atoms with Crippen LogP contribution in [-0.4, -0.2) is 28.2 Å². The molecule has 7 nitrogen and oxygen atoms in total. The second-order valence-electron chi connectivity index (χ2n) is 6.69. The van der Waals surface area contributed by atoms with Crippen molar-refractivity contribution in [1.29, 1.82) is 0 Å². The molecule has 2 amide bonds. The highest BCUT2D eigenvalue weighted by atomic mass is 19.1. The van der Waals surface area contributed by atoms with Gasteiger partial charge in [0.1, 0.15) is 11.6 Å². The molecule has 0 aliphatic carbocycles. The number of aryl methyl sites for hydroxylation is 2. The van der Waals surface area contributed by atoms with Gasteiger partial charge in [0.25, 0.3) is 11.8 Å². The molecule has 2 aromatic carbocycles. The lowest BCUT2D eigenvalue weighted by molar-refractivity contribution is -0.123. The summed E-state index contributed by atoms with van der Waals surface area (Å²) in [7, 11) is 0. The molecule has 0 atom stereocenters. The van der Waals surface area contributed by atoms with Gasteiger partial charge in [0, 0.05) is 0 Å². The number of carbonyl (C=O) groups excluding carboxylic acids is 2. The summed E-state index contributed by atoms with van der Waals surface area (Å²) < 4.78 is 20.2. The summed E-state index contributed by atoms with van der Waals surface area (Å²) in [6, 6.07) is 13.3. The predicted octanol–water partition coefficient (Wildman–Crippen LogP) is 3.03. The summed E-state index contributed by atoms with van der Waals surface area (Å²) in [4.78, 5) is 24.7. The molecule has 2 N–H and O–H groups in total. The van der Waals surface area contributed by atoms with E-state index < -0.39 is 11.8 Å². The number of hydrazine groups is 1. The van der Waals surface area contributed by atoms with Gasteiger partial charge in [-0.3, -0.25) is 20.4 Å². The van der Waals surface area contributed by atoms with Crippen molar-refractivity contribution in [1.82, 2.24) is 20.6 Å². The van der Waals surface area contributed by atoms with Crippen molar-refractivity contribution < 1.29 is 18.7 Å². The van der Waals surface area contributed by atoms with Crippen molar-refractivity contribution in [3.05, 3.63) is 76.9 Å². The zero-order chi connectivity index (χ0) is 21.7. The first-order valence-corrected chi connectivity index (χ1v) is 9.52. The van der Waals surface area contributed by atoms with Gasteiger partial charge in [0.05, 0.1) is 22.6 Å². The second-order valence-corrected chi connectivity index (χ2v) is 6.69. The van der Waals surface area contributed by atoms with E-state index >= 15 is 0 Å². The predicted molar refractivity (Wildman–Crippen MR) is 110 cm³/mol. The minimum absolute atomic E-state index is 0.232. The Labute approximate surface area is 173 Å². The summed E-state index contributed by atoms with van der Waals surface area (Å²) in [5, 5.41) is 4.35. The number of amides is 2. The quantitative estimate of drug-likeness (QED) is 0.612. The smallest absolute Gasteiger partial charge is 0.276 e. The Morgan fingerprint density at radius 2 is 1.77 bits per heavy atom. The van der Waals surface area contributed by atoms with Crippen LogP contribution in [0.15, 0.2) is 48.5 Å². The number of rotatable bonds is 6. The third-order valence-corrected chi connectivity index (χ3v) is 4.62. The zero-order valence-electron chi connectivity index (χ0n) is 17.0. The van der Waals surface area contributed by atoms with Gasteiger partial charge in [0.2, 0.25) is 0 Å². The fourth-order valence-electron chi connectivity index (χ4n) is 3.11. The van der Waals surface area contributed by atoms with E-state index in [0.717, 1.165) is 12.0 Å². The average Bonchev–Trinajstić information content (AvgIpc) is 3.05. The van der Waals surface area contributed by atoms with Crippen molar-refractivity contribution >= 4 is 11.8 Å². The molecule has 1 aromatic heterocycles. The van der Waals surface area contributed by atoms with E-state index in [2.05, 4.69) is 16.0 Å². The van der Waals surface area contributed by atoms with Gasteiger partial charge >= 0.3 is 0 Å². The molecule has 0 aliphatic rings. The fourth-order valence-corrected chi connectivity index (χ4v) is 3.11. The van der Waals surface area contributed by atoms with Gasteiger partial charge in [-0.15, -0.1) is 0 Å². The van der Waals surface area contributed by atoms with Crippen molar-refractivity contribution in [2.75, 3.05) is 6.61 Å². The topological polar surface area (TPSA) is 85.2 Å². The number of aromatic nitrogens is 2. The molecule has 0 radical (unpaired) electrons. The molecule has 8 heteroatoms. The summed E-state index contributed by atoms with van der Waals surface area (Å²) >= 11 is 0. The number of carbonyl (C=O) groups is 2. The van der Waals surface area contributed by atoms with E-state index in [1.54, 1.807) is 36.7 Å². The van der Waals surface area contributed by atoms with Crippen molar-refractivity contribution in [2.24, 2.45) is 0 Å². The van der Waals surface area contributed by atoms with Crippen LogP contribution in [0.3, 0.4) is 0 Å². The molecular formula is C22H23FN4O3. The normalized spacial score (nSPS) is 10.5. The first-order valence-electron chi connectivity index (χ1n) is 9.52. The van der Waals surface area contributed by atoms with Gasteiger partial charge in [-0.1, -0.05) is 25.1 Å². The summed E-state index contributed by atoms with van der Waals surface area (Å²) in [6.07, 6.45) is 0.783. The van der Waals surface area contributed by atoms with Gasteiger partial charge in [-0.25, -0.2) is 9.07 Å². The molecule has 1 heterocycles. The van der Waals surface area contributed by atoms with Crippen LogP contribution in [0.2, 0.25) is 0 Å². The number of hydrogen-bond donors (Lipinski definition) is 2. The van der Waals surface area contributed by atoms with E-state index in [1.807, 2.05) is 25.1 Å². The molecule has 30 heavy (non-hydrogen) atoms. The molecule has 0 aliphatic heterocycles. The summed E-state index contributed by atoms with van der Waals surface area (Å²) in [5.74, 6) is -0.713. The Morgan fingerprint density at radius 1 is 1.07 bits per heavy atom. The van der Waals surface area contributed by atoms with Crippen LogP contribution in [0.1, 0.15) is 34.2 Å². The van der Waals surface area contributed by atoms with Gasteiger partial charge in [0.15, 0.2) is 6.61 Å². The molecule has 0 unspecified atom stereocenters. The minimum atomic E-state index is -0.499. The first kappa shape index (κ1) is 21.0. The Bertz CT molecular complexity index is 1060. The molecular weight excluding hydrogens is 387 g/mol. The largest absolute Gasteiger partial charge is 0.483 e. The number of benzene rings is 2. The number of nitrogens with zero attached hydrogens (tertiary/aromatic N) is 2. The van der Waals surface area contributed by atoms with E-state index in [0.29, 0.717) is 28.4 Å². The van der Waals surface area contributed by atoms with E-state index in [-0.39, 0.29) is 12.4 Å². The van der Waals surface area contributed by atoms with Crippen molar-refractivity contribution in [2.45, 2.75) is 27.2 Å². The van der Waals surface area contributed by atoms with Crippen LogP contribution in [-0.2, 0) is 11.2 Å². The highest BCUT2D eigenvalue weighted by Gasteiger charge is 2.20. The lowest BCUT2D eigenvalue weighted by atomic mass is 10.1. The highest BCUT2D eigenvalue weighted by Crippen LogP contribution is 2.19. The van der Waals surface area contributed by atoms with Gasteiger partial charge in [-0.2, -0.15) is 5.10 Å². The average molecular weight is 410 g/mol. The standard InChI is InChI=1S/C22H23FN4O3/c1-4-16-7-5-6-8-19(16)30-13-20(28)24-25-22(29)21-14(2)26-27(15(21)3)18-11-9-17(23)10-12-18/h5-12H,4,13H2,1-3H3,(H,24,28)(H,25,29). The van der Waals surface area contributed by atoms with Crippen LogP contribution < -0.4 is 15.6 Å². The first-order chi connectivity index (χ1) is 14.4. The molecule has 0 spiro atoms. The minimum Gasteiger partial charge on any atom is -0.483 e. The maximum Gasteiger partial charge on any atom is 0.276 e. The number of para-hydroxylation sites is 1. The maximum absolute atomic E-state index is 13.2. The lowest BCUT2D eigenvalue weighted by Gasteiger charge is -2.11. The van der Waals surface area contributed by atoms with Gasteiger partial charge in [-0.05, 0) is 56.2 Å².